The van der Waals surface area contributed by atoms with Crippen LogP contribution in [0.25, 0.3) is 11.3 Å². The van der Waals surface area contributed by atoms with Gasteiger partial charge in [-0.3, -0.25) is 0 Å². The van der Waals surface area contributed by atoms with Crippen LogP contribution >= 0.6 is 15.9 Å². The van der Waals surface area contributed by atoms with E-state index in [0.29, 0.717) is 4.73 Å². The minimum Gasteiger partial charge on any atom is -0.334 e. The van der Waals surface area contributed by atoms with Crippen molar-refractivity contribution in [1.82, 2.24) is 19.5 Å². The maximum Gasteiger partial charge on any atom is 0.196 e. The van der Waals surface area contributed by atoms with Crippen molar-refractivity contribution in [2.45, 2.75) is 0 Å². The van der Waals surface area contributed by atoms with E-state index in [1.165, 1.54) is 0 Å². The van der Waals surface area contributed by atoms with Crippen LogP contribution in [-0.4, -0.2) is 19.5 Å². The predicted octanol–water partition coefficient (Wildman–Crippen LogP) is 1.64. The van der Waals surface area contributed by atoms with Gasteiger partial charge in [0.2, 0.25) is 0 Å². The molecule has 0 aliphatic carbocycles. The minimum atomic E-state index is 0.596. The number of hydrogen-bond donors (Lipinski definition) is 0. The van der Waals surface area contributed by atoms with Crippen molar-refractivity contribution in [2.75, 3.05) is 0 Å². The first-order valence-corrected chi connectivity index (χ1v) is 4.51. The molecule has 0 aliphatic heterocycles. The van der Waals surface area contributed by atoms with Crippen LogP contribution < -0.4 is 0 Å². The van der Waals surface area contributed by atoms with E-state index >= 15 is 0 Å². The zero-order valence-electron chi connectivity index (χ0n) is 6.98. The van der Waals surface area contributed by atoms with Crippen molar-refractivity contribution < 1.29 is 0 Å². The van der Waals surface area contributed by atoms with Crippen molar-refractivity contribution in [3.63, 3.8) is 0 Å². The summed E-state index contributed by atoms with van der Waals surface area (Å²) in [7, 11) is 1.93. The highest BCUT2D eigenvalue weighted by atomic mass is 79.9. The highest BCUT2D eigenvalue weighted by molar-refractivity contribution is 9.10. The summed E-state index contributed by atoms with van der Waals surface area (Å²) in [5, 5.41) is 0. The van der Waals surface area contributed by atoms with Crippen molar-refractivity contribution in [3.8, 4) is 11.3 Å². The zero-order chi connectivity index (χ0) is 9.26. The first-order chi connectivity index (χ1) is 6.27. The molecule has 0 aliphatic rings. The van der Waals surface area contributed by atoms with Crippen LogP contribution in [0.4, 0.5) is 0 Å². The van der Waals surface area contributed by atoms with Gasteiger partial charge in [0, 0.05) is 25.0 Å². The van der Waals surface area contributed by atoms with Crippen LogP contribution in [0.1, 0.15) is 0 Å². The minimum absolute atomic E-state index is 0.596. The van der Waals surface area contributed by atoms with E-state index in [4.69, 9.17) is 0 Å². The van der Waals surface area contributed by atoms with Crippen LogP contribution in [0.5, 0.6) is 0 Å². The second-order valence-corrected chi connectivity index (χ2v) is 3.34. The fourth-order valence-electron chi connectivity index (χ4n) is 1.08. The van der Waals surface area contributed by atoms with Crippen molar-refractivity contribution in [2.24, 2.45) is 7.05 Å². The summed E-state index contributed by atoms with van der Waals surface area (Å²) in [5.74, 6) is 0. The molecule has 0 N–H and O–H groups in total. The summed E-state index contributed by atoms with van der Waals surface area (Å²) in [6.07, 6.45) is 7.05. The Balaban J connectivity index is 2.47. The average molecular weight is 239 g/mol. The summed E-state index contributed by atoms with van der Waals surface area (Å²) in [5.41, 5.74) is 1.97. The molecule has 13 heavy (non-hydrogen) atoms. The van der Waals surface area contributed by atoms with Crippen LogP contribution in [0, 0.1) is 0 Å². The van der Waals surface area contributed by atoms with Gasteiger partial charge in [0.25, 0.3) is 0 Å². The molecule has 0 spiro atoms. The van der Waals surface area contributed by atoms with E-state index in [-0.39, 0.29) is 0 Å². The van der Waals surface area contributed by atoms with Crippen molar-refractivity contribution in [3.05, 3.63) is 29.7 Å². The molecule has 0 fully saturated rings. The number of halogens is 1. The molecule has 0 atom stereocenters. The Hall–Kier alpha value is -1.23. The van der Waals surface area contributed by atoms with Crippen molar-refractivity contribution >= 4 is 15.9 Å². The molecule has 66 valence electrons. The third-order valence-electron chi connectivity index (χ3n) is 1.73. The number of imidazole rings is 1. The number of nitrogens with zero attached hydrogens (tertiary/aromatic N) is 4. The number of aromatic nitrogens is 4. The zero-order valence-corrected chi connectivity index (χ0v) is 8.56. The third-order valence-corrected chi connectivity index (χ3v) is 2.14. The Bertz CT molecular complexity index is 406. The fraction of sp³-hybridized carbons (Fsp3) is 0.125. The second kappa shape index (κ2) is 3.26. The molecule has 0 amide bonds. The van der Waals surface area contributed by atoms with Gasteiger partial charge in [0.15, 0.2) is 4.73 Å². The van der Waals surface area contributed by atoms with Gasteiger partial charge in [-0.1, -0.05) is 0 Å². The Morgan fingerprint density at radius 3 is 2.46 bits per heavy atom. The molecule has 0 saturated carbocycles. The van der Waals surface area contributed by atoms with Gasteiger partial charge in [-0.05, 0) is 15.9 Å². The molecule has 4 nitrogen and oxygen atoms in total. The third kappa shape index (κ3) is 1.60. The maximum atomic E-state index is 4.04. The molecule has 0 aromatic carbocycles. The lowest BCUT2D eigenvalue weighted by atomic mass is 10.3. The summed E-state index contributed by atoms with van der Waals surface area (Å²) < 4.78 is 2.52. The Labute approximate surface area is 83.8 Å². The van der Waals surface area contributed by atoms with Crippen LogP contribution in [0.15, 0.2) is 29.7 Å². The molecule has 0 bridgehead atoms. The maximum absolute atomic E-state index is 4.04. The molecule has 0 unspecified atom stereocenters. The van der Waals surface area contributed by atoms with Gasteiger partial charge in [-0.25, -0.2) is 15.0 Å². The van der Waals surface area contributed by atoms with Gasteiger partial charge in [0.05, 0.1) is 18.2 Å². The lowest BCUT2D eigenvalue weighted by Gasteiger charge is -2.00. The smallest absolute Gasteiger partial charge is 0.196 e. The van der Waals surface area contributed by atoms with Gasteiger partial charge < -0.3 is 4.57 Å². The molecule has 2 aromatic rings. The molecule has 2 rings (SSSR count). The van der Waals surface area contributed by atoms with E-state index in [9.17, 15) is 0 Å². The van der Waals surface area contributed by atoms with Crippen molar-refractivity contribution in [1.29, 1.82) is 0 Å². The van der Waals surface area contributed by atoms with E-state index in [2.05, 4.69) is 30.9 Å². The van der Waals surface area contributed by atoms with Crippen LogP contribution in [0.2, 0.25) is 0 Å². The molecule has 2 aromatic heterocycles. The Morgan fingerprint density at radius 1 is 1.23 bits per heavy atom. The monoisotopic (exact) mass is 238 g/mol. The summed E-state index contributed by atoms with van der Waals surface area (Å²) >= 11 is 3.18. The topological polar surface area (TPSA) is 43.6 Å². The summed E-state index contributed by atoms with van der Waals surface area (Å²) in [6, 6.07) is 0. The number of hydrogen-bond acceptors (Lipinski definition) is 3. The van der Waals surface area contributed by atoms with E-state index in [0.717, 1.165) is 11.3 Å². The highest BCUT2D eigenvalue weighted by Crippen LogP contribution is 2.16. The summed E-state index contributed by atoms with van der Waals surface area (Å²) in [4.78, 5) is 12.1. The molecular weight excluding hydrogens is 232 g/mol. The van der Waals surface area contributed by atoms with E-state index < -0.39 is 0 Å². The molecule has 5 heteroatoms. The van der Waals surface area contributed by atoms with Gasteiger partial charge in [-0.2, -0.15) is 0 Å². The lowest BCUT2D eigenvalue weighted by molar-refractivity contribution is 0.918. The molecule has 0 radical (unpaired) electrons. The molecule has 0 saturated heterocycles. The van der Waals surface area contributed by atoms with Crippen LogP contribution in [-0.2, 0) is 7.05 Å². The molecular formula is C8H7BrN4. The average Bonchev–Trinajstić information content (AvgIpc) is 2.53. The fourth-order valence-corrected chi connectivity index (χ4v) is 1.28. The first kappa shape index (κ1) is 8.37. The van der Waals surface area contributed by atoms with Gasteiger partial charge in [0.1, 0.15) is 0 Å². The second-order valence-electron chi connectivity index (χ2n) is 2.63. The Morgan fingerprint density at radius 2 is 1.92 bits per heavy atom. The van der Waals surface area contributed by atoms with E-state index in [1.807, 2.05) is 11.6 Å². The van der Waals surface area contributed by atoms with Crippen LogP contribution in [0.3, 0.4) is 0 Å². The first-order valence-electron chi connectivity index (χ1n) is 3.71. The lowest BCUT2D eigenvalue weighted by Crippen LogP contribution is -1.91. The van der Waals surface area contributed by atoms with Gasteiger partial charge in [-0.15, -0.1) is 0 Å². The SMILES string of the molecule is Cn1cncc1-c1cnc(Br)nc1. The largest absolute Gasteiger partial charge is 0.334 e. The normalized spacial score (nSPS) is 10.3. The number of rotatable bonds is 1. The Kier molecular flexibility index (Phi) is 2.10. The van der Waals surface area contributed by atoms with E-state index in [1.54, 1.807) is 24.9 Å². The predicted molar refractivity (Wildman–Crippen MR) is 51.9 cm³/mol. The molecule has 2 heterocycles. The summed E-state index contributed by atoms with van der Waals surface area (Å²) in [6.45, 7) is 0. The van der Waals surface area contributed by atoms with Gasteiger partial charge >= 0.3 is 0 Å². The quantitative estimate of drug-likeness (QED) is 0.710. The highest BCUT2D eigenvalue weighted by Gasteiger charge is 2.02. The number of aryl methyl sites for hydroxylation is 1. The standard InChI is InChI=1S/C8H7BrN4/c1-13-5-10-4-7(13)6-2-11-8(9)12-3-6/h2-5H,1H3.